The molecule has 0 bridgehead atoms. The molecule has 0 spiro atoms. The molecule has 0 saturated carbocycles. The quantitative estimate of drug-likeness (QED) is 0.176. The van der Waals surface area contributed by atoms with Crippen molar-refractivity contribution in [2.75, 3.05) is 0 Å². The molecule has 4 aromatic carbocycles. The summed E-state index contributed by atoms with van der Waals surface area (Å²) in [6.07, 6.45) is 0.253. The number of rotatable bonds is 6. The molecule has 0 aliphatic carbocycles. The van der Waals surface area contributed by atoms with Crippen LogP contribution in [-0.4, -0.2) is 0 Å². The van der Waals surface area contributed by atoms with Crippen molar-refractivity contribution in [1.82, 2.24) is 0 Å². The summed E-state index contributed by atoms with van der Waals surface area (Å²) in [5, 5.41) is 0. The second kappa shape index (κ2) is 10.6. The lowest BCUT2D eigenvalue weighted by molar-refractivity contribution is 0.447. The molecule has 0 aromatic heterocycles. The highest BCUT2D eigenvalue weighted by atomic mass is 19.2. The molecular weight excluding hydrogens is 500 g/mol. The van der Waals surface area contributed by atoms with Gasteiger partial charge in [0.05, 0.1) is 0 Å². The minimum Gasteiger partial charge on any atom is -0.209 e. The van der Waals surface area contributed by atoms with E-state index in [1.807, 2.05) is 0 Å². The van der Waals surface area contributed by atoms with E-state index in [2.05, 4.69) is 0 Å². The largest absolute Gasteiger partial charge is 0.209 e. The van der Waals surface area contributed by atoms with Crippen molar-refractivity contribution >= 4 is 5.83 Å². The summed E-state index contributed by atoms with van der Waals surface area (Å²) in [7, 11) is 0. The predicted molar refractivity (Wildman–Crippen MR) is 127 cm³/mol. The molecular formula is C29H18F8. The van der Waals surface area contributed by atoms with Gasteiger partial charge in [0.25, 0.3) is 0 Å². The molecule has 0 unspecified atom stereocenters. The van der Waals surface area contributed by atoms with Crippen molar-refractivity contribution in [3.63, 3.8) is 0 Å². The zero-order valence-corrected chi connectivity index (χ0v) is 19.3. The van der Waals surface area contributed by atoms with Gasteiger partial charge in [0.15, 0.2) is 23.3 Å². The van der Waals surface area contributed by atoms with Gasteiger partial charge in [0, 0.05) is 28.7 Å². The summed E-state index contributed by atoms with van der Waals surface area (Å²) in [4.78, 5) is 0. The van der Waals surface area contributed by atoms with Gasteiger partial charge < -0.3 is 0 Å². The first-order chi connectivity index (χ1) is 17.6. The molecule has 0 amide bonds. The smallest absolute Gasteiger partial charge is 0.194 e. The Kier molecular flexibility index (Phi) is 7.47. The van der Waals surface area contributed by atoms with Crippen LogP contribution in [0, 0.1) is 34.9 Å². The number of hydrogen-bond acceptors (Lipinski definition) is 0. The van der Waals surface area contributed by atoms with Gasteiger partial charge in [-0.25, -0.2) is 35.1 Å². The van der Waals surface area contributed by atoms with Crippen molar-refractivity contribution in [2.45, 2.75) is 19.8 Å². The van der Waals surface area contributed by atoms with Crippen LogP contribution in [0.15, 0.2) is 72.6 Å². The van der Waals surface area contributed by atoms with Gasteiger partial charge in [-0.1, -0.05) is 43.3 Å². The maximum Gasteiger partial charge on any atom is 0.194 e. The standard InChI is InChI=1S/C29H18F8/c1-2-3-22(30)28(36)17-6-9-20(25(33)12-17)15-4-7-19(23(31)10-15)16-5-8-21(24(32)11-16)18-13-26(34)29(37)27(35)14-18/h4-14H,2-3H2,1H3/b28-22+. The van der Waals surface area contributed by atoms with Crippen LogP contribution in [0.4, 0.5) is 35.1 Å². The average molecular weight is 518 g/mol. The van der Waals surface area contributed by atoms with Crippen LogP contribution in [0.1, 0.15) is 25.3 Å². The SMILES string of the molecule is CCC/C(F)=C(\F)c1ccc(-c2ccc(-c3ccc(-c4cc(F)c(F)c(F)c4)c(F)c3)c(F)c2)c(F)c1. The lowest BCUT2D eigenvalue weighted by atomic mass is 9.96. The molecule has 0 nitrogen and oxygen atoms in total. The molecule has 37 heavy (non-hydrogen) atoms. The zero-order valence-electron chi connectivity index (χ0n) is 19.3. The van der Waals surface area contributed by atoms with Crippen LogP contribution >= 0.6 is 0 Å². The number of allylic oxidation sites excluding steroid dienone is 1. The molecule has 0 atom stereocenters. The van der Waals surface area contributed by atoms with E-state index >= 15 is 0 Å². The fraction of sp³-hybridized carbons (Fsp3) is 0.103. The monoisotopic (exact) mass is 518 g/mol. The van der Waals surface area contributed by atoms with Gasteiger partial charge >= 0.3 is 0 Å². The van der Waals surface area contributed by atoms with Gasteiger partial charge in [-0.2, -0.15) is 0 Å². The minimum atomic E-state index is -1.68. The number of halogens is 8. The fourth-order valence-electron chi connectivity index (χ4n) is 3.92. The van der Waals surface area contributed by atoms with Gasteiger partial charge in [-0.05, 0) is 53.4 Å². The maximum atomic E-state index is 15.0. The molecule has 0 fully saturated rings. The molecule has 8 heteroatoms. The number of benzene rings is 4. The lowest BCUT2D eigenvalue weighted by Gasteiger charge is -2.11. The molecule has 0 heterocycles. The van der Waals surface area contributed by atoms with E-state index < -0.39 is 46.6 Å². The van der Waals surface area contributed by atoms with Crippen molar-refractivity contribution in [2.24, 2.45) is 0 Å². The van der Waals surface area contributed by atoms with Crippen LogP contribution in [0.5, 0.6) is 0 Å². The van der Waals surface area contributed by atoms with Gasteiger partial charge in [0.2, 0.25) is 0 Å². The molecule has 0 aliphatic rings. The van der Waals surface area contributed by atoms with Crippen molar-refractivity contribution in [3.05, 3.63) is 113 Å². The summed E-state index contributed by atoms with van der Waals surface area (Å²) in [6.45, 7) is 1.67. The highest BCUT2D eigenvalue weighted by Gasteiger charge is 2.17. The van der Waals surface area contributed by atoms with Crippen LogP contribution < -0.4 is 0 Å². The summed E-state index contributed by atoms with van der Waals surface area (Å²) in [5.74, 6) is -9.44. The first-order valence-electron chi connectivity index (χ1n) is 11.2. The van der Waals surface area contributed by atoms with Crippen LogP contribution in [-0.2, 0) is 0 Å². The highest BCUT2D eigenvalue weighted by molar-refractivity contribution is 5.75. The van der Waals surface area contributed by atoms with E-state index in [0.717, 1.165) is 18.2 Å². The van der Waals surface area contributed by atoms with Crippen molar-refractivity contribution in [3.8, 4) is 33.4 Å². The molecule has 190 valence electrons. The average Bonchev–Trinajstić information content (AvgIpc) is 2.86. The topological polar surface area (TPSA) is 0 Å². The normalized spacial score (nSPS) is 12.0. The second-order valence-electron chi connectivity index (χ2n) is 8.31. The van der Waals surface area contributed by atoms with Gasteiger partial charge in [-0.15, -0.1) is 0 Å². The molecule has 0 aliphatic heterocycles. The third kappa shape index (κ3) is 5.28. The fourth-order valence-corrected chi connectivity index (χ4v) is 3.92. The molecule has 0 saturated heterocycles. The first kappa shape index (κ1) is 26.1. The number of hydrogen-bond donors (Lipinski definition) is 0. The van der Waals surface area contributed by atoms with E-state index in [9.17, 15) is 35.1 Å². The van der Waals surface area contributed by atoms with E-state index in [0.29, 0.717) is 18.6 Å². The third-order valence-electron chi connectivity index (χ3n) is 5.79. The van der Waals surface area contributed by atoms with Gasteiger partial charge in [0.1, 0.15) is 23.3 Å². The Morgan fingerprint density at radius 1 is 0.541 bits per heavy atom. The van der Waals surface area contributed by atoms with Gasteiger partial charge in [-0.3, -0.25) is 0 Å². The van der Waals surface area contributed by atoms with Crippen LogP contribution in [0.25, 0.3) is 39.2 Å². The van der Waals surface area contributed by atoms with Crippen molar-refractivity contribution in [1.29, 1.82) is 0 Å². The van der Waals surface area contributed by atoms with Crippen LogP contribution in [0.3, 0.4) is 0 Å². The summed E-state index contributed by atoms with van der Waals surface area (Å²) >= 11 is 0. The Balaban J connectivity index is 1.65. The maximum absolute atomic E-state index is 15.0. The highest BCUT2D eigenvalue weighted by Crippen LogP contribution is 2.34. The van der Waals surface area contributed by atoms with Crippen molar-refractivity contribution < 1.29 is 35.1 Å². The van der Waals surface area contributed by atoms with E-state index in [1.165, 1.54) is 36.4 Å². The Morgan fingerprint density at radius 3 is 1.43 bits per heavy atom. The molecule has 4 rings (SSSR count). The molecule has 0 N–H and O–H groups in total. The summed E-state index contributed by atoms with van der Waals surface area (Å²) in [5.41, 5.74) is -0.645. The summed E-state index contributed by atoms with van der Waals surface area (Å²) in [6, 6.07) is 11.6. The van der Waals surface area contributed by atoms with E-state index in [4.69, 9.17) is 0 Å². The first-order valence-corrected chi connectivity index (χ1v) is 11.2. The predicted octanol–water partition coefficient (Wildman–Crippen LogP) is 9.93. The Hall–Kier alpha value is -3.94. The Bertz CT molecular complexity index is 1500. The van der Waals surface area contributed by atoms with Crippen LogP contribution in [0.2, 0.25) is 0 Å². The minimum absolute atomic E-state index is 0.0432. The Morgan fingerprint density at radius 2 is 0.973 bits per heavy atom. The molecule has 0 radical (unpaired) electrons. The summed E-state index contributed by atoms with van der Waals surface area (Å²) < 4.78 is 113. The van der Waals surface area contributed by atoms with E-state index in [1.54, 1.807) is 6.92 Å². The van der Waals surface area contributed by atoms with E-state index in [-0.39, 0.29) is 45.4 Å². The molecule has 4 aromatic rings. The zero-order chi connectivity index (χ0) is 26.9. The third-order valence-corrected chi connectivity index (χ3v) is 5.79. The second-order valence-corrected chi connectivity index (χ2v) is 8.31. The Labute approximate surface area is 207 Å². The lowest BCUT2D eigenvalue weighted by Crippen LogP contribution is -1.94.